The van der Waals surface area contributed by atoms with Crippen molar-refractivity contribution >= 4 is 9.84 Å². The molecule has 0 aliphatic heterocycles. The molecule has 0 spiro atoms. The molecule has 29 heavy (non-hydrogen) atoms. The molecule has 2 aromatic carbocycles. The number of nitrogens with zero attached hydrogens (tertiary/aromatic N) is 3. The lowest BCUT2D eigenvalue weighted by molar-refractivity contribution is 0.570. The van der Waals surface area contributed by atoms with Crippen molar-refractivity contribution in [3.05, 3.63) is 83.5 Å². The highest BCUT2D eigenvalue weighted by Gasteiger charge is 2.24. The van der Waals surface area contributed by atoms with E-state index in [1.165, 1.54) is 12.5 Å². The molecule has 0 amide bonds. The van der Waals surface area contributed by atoms with Crippen molar-refractivity contribution in [3.8, 4) is 17.1 Å². The zero-order valence-electron chi connectivity index (χ0n) is 16.5. The van der Waals surface area contributed by atoms with Gasteiger partial charge in [-0.15, -0.1) is 0 Å². The van der Waals surface area contributed by atoms with Crippen LogP contribution in [0.15, 0.2) is 70.7 Å². The van der Waals surface area contributed by atoms with Gasteiger partial charge in [0, 0.05) is 18.0 Å². The van der Waals surface area contributed by atoms with E-state index >= 15 is 0 Å². The molecule has 7 heteroatoms. The molecule has 0 aliphatic carbocycles. The Morgan fingerprint density at radius 2 is 1.72 bits per heavy atom. The number of imidazole rings is 1. The van der Waals surface area contributed by atoms with Gasteiger partial charge in [0.15, 0.2) is 0 Å². The van der Waals surface area contributed by atoms with Crippen molar-refractivity contribution < 1.29 is 12.8 Å². The first kappa shape index (κ1) is 19.1. The quantitative estimate of drug-likeness (QED) is 0.489. The van der Waals surface area contributed by atoms with E-state index in [1.54, 1.807) is 10.8 Å². The summed E-state index contributed by atoms with van der Waals surface area (Å²) in [5.41, 5.74) is 5.07. The SMILES string of the molecule is Cc1ccc(-c2nc(CS(=O)(=O)c3nccn3-c3cc(C)ccc3C)co2)cc1. The summed E-state index contributed by atoms with van der Waals surface area (Å²) in [6, 6.07) is 13.6. The number of oxazole rings is 1. The van der Waals surface area contributed by atoms with Crippen LogP contribution in [-0.2, 0) is 15.6 Å². The molecule has 0 radical (unpaired) electrons. The standard InChI is InChI=1S/C22H21N3O3S/c1-15-5-8-18(9-6-15)21-24-19(13-28-21)14-29(26,27)22-23-10-11-25(22)20-12-16(2)4-7-17(20)3/h4-13H,14H2,1-3H3. The van der Waals surface area contributed by atoms with Gasteiger partial charge >= 0.3 is 0 Å². The van der Waals surface area contributed by atoms with E-state index in [2.05, 4.69) is 9.97 Å². The van der Waals surface area contributed by atoms with Crippen LogP contribution >= 0.6 is 0 Å². The van der Waals surface area contributed by atoms with Gasteiger partial charge in [-0.05, 0) is 50.1 Å². The fourth-order valence-electron chi connectivity index (χ4n) is 3.14. The first-order valence-corrected chi connectivity index (χ1v) is 10.8. The van der Waals surface area contributed by atoms with Crippen molar-refractivity contribution in [2.45, 2.75) is 31.7 Å². The highest BCUT2D eigenvalue weighted by atomic mass is 32.2. The third-order valence-electron chi connectivity index (χ3n) is 4.70. The van der Waals surface area contributed by atoms with Crippen LogP contribution < -0.4 is 0 Å². The van der Waals surface area contributed by atoms with Crippen molar-refractivity contribution in [3.63, 3.8) is 0 Å². The summed E-state index contributed by atoms with van der Waals surface area (Å²) in [5.74, 6) is 0.109. The summed E-state index contributed by atoms with van der Waals surface area (Å²) in [6.45, 7) is 5.90. The molecule has 148 valence electrons. The molecule has 2 aromatic heterocycles. The maximum Gasteiger partial charge on any atom is 0.232 e. The Morgan fingerprint density at radius 1 is 1.00 bits per heavy atom. The predicted octanol–water partition coefficient (Wildman–Crippen LogP) is 4.43. The van der Waals surface area contributed by atoms with Crippen LogP contribution in [0.4, 0.5) is 0 Å². The van der Waals surface area contributed by atoms with Crippen LogP contribution in [0.25, 0.3) is 17.1 Å². The Balaban J connectivity index is 1.65. The lowest BCUT2D eigenvalue weighted by atomic mass is 10.1. The number of aryl methyl sites for hydroxylation is 3. The van der Waals surface area contributed by atoms with Gasteiger partial charge in [-0.2, -0.15) is 0 Å². The number of rotatable bonds is 5. The van der Waals surface area contributed by atoms with Crippen molar-refractivity contribution in [2.24, 2.45) is 0 Å². The lowest BCUT2D eigenvalue weighted by Crippen LogP contribution is -2.12. The van der Waals surface area contributed by atoms with Gasteiger partial charge in [-0.1, -0.05) is 29.8 Å². The first-order chi connectivity index (χ1) is 13.8. The minimum atomic E-state index is -3.72. The van der Waals surface area contributed by atoms with Gasteiger partial charge in [0.25, 0.3) is 0 Å². The third kappa shape index (κ3) is 3.86. The van der Waals surface area contributed by atoms with Crippen LogP contribution in [-0.4, -0.2) is 23.0 Å². The topological polar surface area (TPSA) is 78.0 Å². The van der Waals surface area contributed by atoms with E-state index in [-0.39, 0.29) is 10.9 Å². The molecule has 0 atom stereocenters. The molecular formula is C22H21N3O3S. The molecule has 0 unspecified atom stereocenters. The number of benzene rings is 2. The van der Waals surface area contributed by atoms with E-state index in [4.69, 9.17) is 4.42 Å². The third-order valence-corrected chi connectivity index (χ3v) is 6.23. The molecule has 4 aromatic rings. The summed E-state index contributed by atoms with van der Waals surface area (Å²) < 4.78 is 33.3. The van der Waals surface area contributed by atoms with Crippen LogP contribution in [0, 0.1) is 20.8 Å². The van der Waals surface area contributed by atoms with Crippen molar-refractivity contribution in [1.29, 1.82) is 0 Å². The number of sulfone groups is 1. The van der Waals surface area contributed by atoms with E-state index < -0.39 is 9.84 Å². The Labute approximate surface area is 169 Å². The number of hydrogen-bond acceptors (Lipinski definition) is 5. The average molecular weight is 407 g/mol. The zero-order chi connectivity index (χ0) is 20.6. The van der Waals surface area contributed by atoms with E-state index in [1.807, 2.05) is 63.2 Å². The summed E-state index contributed by atoms with van der Waals surface area (Å²) in [5, 5.41) is -0.00825. The summed E-state index contributed by atoms with van der Waals surface area (Å²) in [7, 11) is -3.72. The lowest BCUT2D eigenvalue weighted by Gasteiger charge is -2.11. The minimum Gasteiger partial charge on any atom is -0.444 e. The number of hydrogen-bond donors (Lipinski definition) is 0. The second-order valence-electron chi connectivity index (χ2n) is 7.14. The van der Waals surface area contributed by atoms with E-state index in [0.29, 0.717) is 11.6 Å². The van der Waals surface area contributed by atoms with Gasteiger partial charge in [0.1, 0.15) is 12.0 Å². The fourth-order valence-corrected chi connectivity index (χ4v) is 4.47. The van der Waals surface area contributed by atoms with Crippen molar-refractivity contribution in [2.75, 3.05) is 0 Å². The highest BCUT2D eigenvalue weighted by molar-refractivity contribution is 7.90. The predicted molar refractivity (Wildman–Crippen MR) is 111 cm³/mol. The summed E-state index contributed by atoms with van der Waals surface area (Å²) in [4.78, 5) is 8.48. The van der Waals surface area contributed by atoms with Crippen LogP contribution in [0.3, 0.4) is 0 Å². The molecule has 2 heterocycles. The average Bonchev–Trinajstić information content (AvgIpc) is 3.34. The van der Waals surface area contributed by atoms with Crippen LogP contribution in [0.5, 0.6) is 0 Å². The Hall–Kier alpha value is -3.19. The monoisotopic (exact) mass is 407 g/mol. The van der Waals surface area contributed by atoms with Gasteiger partial charge in [0.2, 0.25) is 20.9 Å². The van der Waals surface area contributed by atoms with Crippen LogP contribution in [0.1, 0.15) is 22.4 Å². The Kier molecular flexibility index (Phi) is 4.84. The molecule has 0 bridgehead atoms. The molecule has 0 saturated heterocycles. The molecule has 6 nitrogen and oxygen atoms in total. The summed E-state index contributed by atoms with van der Waals surface area (Å²) >= 11 is 0. The zero-order valence-corrected chi connectivity index (χ0v) is 17.3. The van der Waals surface area contributed by atoms with Crippen molar-refractivity contribution in [1.82, 2.24) is 14.5 Å². The molecule has 0 fully saturated rings. The summed E-state index contributed by atoms with van der Waals surface area (Å²) in [6.07, 6.45) is 4.54. The largest absolute Gasteiger partial charge is 0.444 e. The van der Waals surface area contributed by atoms with Crippen LogP contribution in [0.2, 0.25) is 0 Å². The highest BCUT2D eigenvalue weighted by Crippen LogP contribution is 2.24. The second-order valence-corrected chi connectivity index (χ2v) is 9.02. The van der Waals surface area contributed by atoms with Gasteiger partial charge < -0.3 is 4.42 Å². The maximum atomic E-state index is 13.1. The Morgan fingerprint density at radius 3 is 2.48 bits per heavy atom. The van der Waals surface area contributed by atoms with E-state index in [0.717, 1.165) is 27.9 Å². The second kappa shape index (κ2) is 7.33. The van der Waals surface area contributed by atoms with Gasteiger partial charge in [-0.25, -0.2) is 18.4 Å². The smallest absolute Gasteiger partial charge is 0.232 e. The molecular weight excluding hydrogens is 386 g/mol. The van der Waals surface area contributed by atoms with E-state index in [9.17, 15) is 8.42 Å². The normalized spacial score (nSPS) is 11.7. The Bertz CT molecular complexity index is 1270. The van der Waals surface area contributed by atoms with Gasteiger partial charge in [0.05, 0.1) is 11.4 Å². The number of aromatic nitrogens is 3. The fraction of sp³-hybridized carbons (Fsp3) is 0.182. The minimum absolute atomic E-state index is 0.00825. The first-order valence-electron chi connectivity index (χ1n) is 9.19. The molecule has 4 rings (SSSR count). The molecule has 0 saturated carbocycles. The molecule has 0 aliphatic rings. The molecule has 0 N–H and O–H groups in total. The maximum absolute atomic E-state index is 13.1. The van der Waals surface area contributed by atoms with Gasteiger partial charge in [-0.3, -0.25) is 4.57 Å².